The lowest BCUT2D eigenvalue weighted by Crippen LogP contribution is -2.36. The SMILES string of the molecule is CC(=O)N1CCCN(CC2(CBr)CC2)CC1. The van der Waals surface area contributed by atoms with Crippen LogP contribution in [0.15, 0.2) is 0 Å². The molecule has 0 N–H and O–H groups in total. The molecule has 92 valence electrons. The molecular formula is C12H21BrN2O. The second kappa shape index (κ2) is 5.05. The third kappa shape index (κ3) is 2.98. The van der Waals surface area contributed by atoms with Crippen molar-refractivity contribution < 1.29 is 4.79 Å². The van der Waals surface area contributed by atoms with Gasteiger partial charge in [0.1, 0.15) is 0 Å². The first kappa shape index (κ1) is 12.4. The number of carbonyl (C=O) groups excluding carboxylic acids is 1. The van der Waals surface area contributed by atoms with Crippen LogP contribution in [0, 0.1) is 5.41 Å². The molecule has 2 rings (SSSR count). The number of hydrogen-bond acceptors (Lipinski definition) is 2. The predicted molar refractivity (Wildman–Crippen MR) is 68.8 cm³/mol. The first-order chi connectivity index (χ1) is 7.65. The molecule has 0 atom stereocenters. The van der Waals surface area contributed by atoms with Gasteiger partial charge in [-0.25, -0.2) is 0 Å². The number of halogens is 1. The van der Waals surface area contributed by atoms with Crippen LogP contribution in [0.25, 0.3) is 0 Å². The first-order valence-corrected chi connectivity index (χ1v) is 7.31. The number of carbonyl (C=O) groups is 1. The summed E-state index contributed by atoms with van der Waals surface area (Å²) in [6.45, 7) is 6.94. The molecule has 16 heavy (non-hydrogen) atoms. The highest BCUT2D eigenvalue weighted by Crippen LogP contribution is 2.47. The van der Waals surface area contributed by atoms with Gasteiger partial charge >= 0.3 is 0 Å². The predicted octanol–water partition coefficient (Wildman–Crippen LogP) is 1.72. The van der Waals surface area contributed by atoms with Gasteiger partial charge in [0.05, 0.1) is 0 Å². The Bertz CT molecular complexity index is 266. The van der Waals surface area contributed by atoms with Gasteiger partial charge in [0.25, 0.3) is 0 Å². The molecule has 1 aliphatic heterocycles. The Labute approximate surface area is 106 Å². The van der Waals surface area contributed by atoms with Gasteiger partial charge in [0.15, 0.2) is 0 Å². The van der Waals surface area contributed by atoms with Crippen LogP contribution in [0.1, 0.15) is 26.2 Å². The van der Waals surface area contributed by atoms with E-state index in [2.05, 4.69) is 20.8 Å². The van der Waals surface area contributed by atoms with Crippen molar-refractivity contribution in [3.8, 4) is 0 Å². The van der Waals surface area contributed by atoms with Gasteiger partial charge in [-0.2, -0.15) is 0 Å². The van der Waals surface area contributed by atoms with E-state index in [1.165, 1.54) is 19.4 Å². The summed E-state index contributed by atoms with van der Waals surface area (Å²) < 4.78 is 0. The standard InChI is InChI=1S/C12H21BrN2O/c1-11(16)15-6-2-5-14(7-8-15)10-12(9-13)3-4-12/h2-10H2,1H3. The number of hydrogen-bond donors (Lipinski definition) is 0. The zero-order valence-electron chi connectivity index (χ0n) is 10.0. The normalized spacial score (nSPS) is 25.2. The van der Waals surface area contributed by atoms with Crippen LogP contribution in [0.2, 0.25) is 0 Å². The molecule has 0 aromatic rings. The van der Waals surface area contributed by atoms with E-state index >= 15 is 0 Å². The summed E-state index contributed by atoms with van der Waals surface area (Å²) in [5.41, 5.74) is 0.561. The maximum atomic E-state index is 11.3. The first-order valence-electron chi connectivity index (χ1n) is 6.19. The van der Waals surface area contributed by atoms with Gasteiger partial charge in [-0.15, -0.1) is 0 Å². The molecular weight excluding hydrogens is 268 g/mol. The van der Waals surface area contributed by atoms with Crippen molar-refractivity contribution in [2.24, 2.45) is 5.41 Å². The number of nitrogens with zero attached hydrogens (tertiary/aromatic N) is 2. The Morgan fingerprint density at radius 1 is 1.25 bits per heavy atom. The Kier molecular flexibility index (Phi) is 3.90. The highest BCUT2D eigenvalue weighted by atomic mass is 79.9. The van der Waals surface area contributed by atoms with E-state index in [-0.39, 0.29) is 5.91 Å². The Hall–Kier alpha value is -0.0900. The fourth-order valence-corrected chi connectivity index (χ4v) is 3.17. The van der Waals surface area contributed by atoms with Gasteiger partial charge in [-0.05, 0) is 31.2 Å². The summed E-state index contributed by atoms with van der Waals surface area (Å²) in [5, 5.41) is 1.13. The maximum Gasteiger partial charge on any atom is 0.219 e. The van der Waals surface area contributed by atoms with E-state index in [4.69, 9.17) is 0 Å². The molecule has 0 aromatic carbocycles. The third-order valence-electron chi connectivity index (χ3n) is 3.83. The van der Waals surface area contributed by atoms with E-state index in [1.54, 1.807) is 6.92 Å². The summed E-state index contributed by atoms with van der Waals surface area (Å²) in [4.78, 5) is 15.8. The highest BCUT2D eigenvalue weighted by molar-refractivity contribution is 9.09. The Morgan fingerprint density at radius 2 is 2.00 bits per heavy atom. The van der Waals surface area contributed by atoms with Crippen LogP contribution in [-0.2, 0) is 4.79 Å². The van der Waals surface area contributed by atoms with Gasteiger partial charge in [0, 0.05) is 38.4 Å². The van der Waals surface area contributed by atoms with Gasteiger partial charge in [-0.1, -0.05) is 15.9 Å². The van der Waals surface area contributed by atoms with Crippen LogP contribution in [0.4, 0.5) is 0 Å². The van der Waals surface area contributed by atoms with Crippen LogP contribution in [-0.4, -0.2) is 53.8 Å². The fourth-order valence-electron chi connectivity index (χ4n) is 2.43. The van der Waals surface area contributed by atoms with Crippen molar-refractivity contribution in [2.45, 2.75) is 26.2 Å². The highest BCUT2D eigenvalue weighted by Gasteiger charge is 2.42. The van der Waals surface area contributed by atoms with E-state index in [1.807, 2.05) is 4.90 Å². The Morgan fingerprint density at radius 3 is 2.56 bits per heavy atom. The van der Waals surface area contributed by atoms with Gasteiger partial charge < -0.3 is 9.80 Å². The maximum absolute atomic E-state index is 11.3. The summed E-state index contributed by atoms with van der Waals surface area (Å²) in [6, 6.07) is 0. The van der Waals surface area contributed by atoms with Crippen molar-refractivity contribution in [2.75, 3.05) is 38.1 Å². The zero-order chi connectivity index (χ0) is 11.6. The average molecular weight is 289 g/mol. The smallest absolute Gasteiger partial charge is 0.219 e. The molecule has 2 aliphatic rings. The topological polar surface area (TPSA) is 23.6 Å². The molecule has 2 fully saturated rings. The number of amides is 1. The van der Waals surface area contributed by atoms with Gasteiger partial charge in [-0.3, -0.25) is 4.79 Å². The zero-order valence-corrected chi connectivity index (χ0v) is 11.6. The number of rotatable bonds is 3. The van der Waals surface area contributed by atoms with E-state index in [0.717, 1.165) is 37.9 Å². The second-order valence-electron chi connectivity index (χ2n) is 5.27. The van der Waals surface area contributed by atoms with Crippen molar-refractivity contribution in [1.82, 2.24) is 9.80 Å². The molecule has 0 bridgehead atoms. The van der Waals surface area contributed by atoms with Crippen molar-refractivity contribution in [3.63, 3.8) is 0 Å². The molecule has 0 spiro atoms. The van der Waals surface area contributed by atoms with Crippen LogP contribution in [0.3, 0.4) is 0 Å². The van der Waals surface area contributed by atoms with Crippen molar-refractivity contribution in [3.05, 3.63) is 0 Å². The molecule has 0 unspecified atom stereocenters. The van der Waals surface area contributed by atoms with Gasteiger partial charge in [0.2, 0.25) is 5.91 Å². The van der Waals surface area contributed by atoms with Crippen molar-refractivity contribution in [1.29, 1.82) is 0 Å². The summed E-state index contributed by atoms with van der Waals surface area (Å²) in [5.74, 6) is 0.225. The third-order valence-corrected chi connectivity index (χ3v) is 5.02. The molecule has 1 amide bonds. The van der Waals surface area contributed by atoms with Crippen molar-refractivity contribution >= 4 is 21.8 Å². The molecule has 1 heterocycles. The monoisotopic (exact) mass is 288 g/mol. The van der Waals surface area contributed by atoms with Crippen LogP contribution < -0.4 is 0 Å². The average Bonchev–Trinajstić information content (AvgIpc) is 3.04. The van der Waals surface area contributed by atoms with E-state index in [0.29, 0.717) is 5.41 Å². The lowest BCUT2D eigenvalue weighted by atomic mass is 10.1. The fraction of sp³-hybridized carbons (Fsp3) is 0.917. The summed E-state index contributed by atoms with van der Waals surface area (Å²) >= 11 is 3.62. The molecule has 3 nitrogen and oxygen atoms in total. The molecule has 0 radical (unpaired) electrons. The summed E-state index contributed by atoms with van der Waals surface area (Å²) in [7, 11) is 0. The lowest BCUT2D eigenvalue weighted by molar-refractivity contribution is -0.128. The lowest BCUT2D eigenvalue weighted by Gasteiger charge is -2.25. The Balaban J connectivity index is 1.82. The number of alkyl halides is 1. The molecule has 1 aliphatic carbocycles. The molecule has 1 saturated heterocycles. The van der Waals surface area contributed by atoms with Crippen LogP contribution in [0.5, 0.6) is 0 Å². The largest absolute Gasteiger partial charge is 0.342 e. The van der Waals surface area contributed by atoms with E-state index in [9.17, 15) is 4.79 Å². The molecule has 1 saturated carbocycles. The quantitative estimate of drug-likeness (QED) is 0.739. The van der Waals surface area contributed by atoms with Crippen LogP contribution >= 0.6 is 15.9 Å². The summed E-state index contributed by atoms with van der Waals surface area (Å²) in [6.07, 6.45) is 3.86. The van der Waals surface area contributed by atoms with E-state index < -0.39 is 0 Å². The molecule has 4 heteroatoms. The minimum Gasteiger partial charge on any atom is -0.342 e. The minimum absolute atomic E-state index is 0.225. The second-order valence-corrected chi connectivity index (χ2v) is 5.83. The molecule has 0 aromatic heterocycles. The minimum atomic E-state index is 0.225.